The molecule has 0 bridgehead atoms. The fourth-order valence-electron chi connectivity index (χ4n) is 2.47. The Morgan fingerprint density at radius 1 is 0.826 bits per heavy atom. The molecule has 0 heterocycles. The summed E-state index contributed by atoms with van der Waals surface area (Å²) in [6.45, 7) is 11.0. The summed E-state index contributed by atoms with van der Waals surface area (Å²) < 4.78 is 5.25. The molecule has 0 N–H and O–H groups in total. The first kappa shape index (κ1) is 17.2. The summed E-state index contributed by atoms with van der Waals surface area (Å²) >= 11 is 0. The maximum Gasteiger partial charge on any atom is 0.0589 e. The maximum atomic E-state index is 5.25. The van der Waals surface area contributed by atoms with Crippen molar-refractivity contribution in [3.8, 4) is 0 Å². The van der Waals surface area contributed by atoms with Crippen molar-refractivity contribution in [2.24, 2.45) is 0 Å². The lowest BCUT2D eigenvalue weighted by Crippen LogP contribution is -2.26. The molecule has 120 valence electrons. The molecule has 0 aliphatic rings. The van der Waals surface area contributed by atoms with E-state index in [-0.39, 0.29) is 0 Å². The van der Waals surface area contributed by atoms with Gasteiger partial charge in [0.25, 0.3) is 0 Å². The van der Waals surface area contributed by atoms with Crippen LogP contribution < -0.4 is 0 Å². The number of nitrogens with zero attached hydrogens (tertiary/aromatic N) is 1. The van der Waals surface area contributed by atoms with Gasteiger partial charge in [-0.3, -0.25) is 4.90 Å². The van der Waals surface area contributed by atoms with Crippen molar-refractivity contribution < 1.29 is 4.74 Å². The van der Waals surface area contributed by atoms with Crippen LogP contribution in [0.1, 0.15) is 22.3 Å². The molecular formula is C21H25NO. The number of hydrogen-bond donors (Lipinski definition) is 0. The molecule has 0 saturated heterocycles. The van der Waals surface area contributed by atoms with Crippen LogP contribution in [0, 0.1) is 0 Å². The molecule has 0 amide bonds. The van der Waals surface area contributed by atoms with Gasteiger partial charge in [0.15, 0.2) is 0 Å². The van der Waals surface area contributed by atoms with E-state index in [1.807, 2.05) is 12.2 Å². The molecule has 0 saturated carbocycles. The third kappa shape index (κ3) is 5.51. The zero-order chi connectivity index (χ0) is 16.5. The average molecular weight is 307 g/mol. The van der Waals surface area contributed by atoms with Crippen LogP contribution in [0.25, 0.3) is 12.2 Å². The molecule has 2 rings (SSSR count). The van der Waals surface area contributed by atoms with Crippen molar-refractivity contribution in [2.45, 2.75) is 13.1 Å². The molecule has 23 heavy (non-hydrogen) atoms. The van der Waals surface area contributed by atoms with Crippen LogP contribution in [0.2, 0.25) is 0 Å². The van der Waals surface area contributed by atoms with Gasteiger partial charge in [-0.15, -0.1) is 0 Å². The van der Waals surface area contributed by atoms with Crippen LogP contribution in [0.3, 0.4) is 0 Å². The first-order valence-electron chi connectivity index (χ1n) is 7.89. The minimum atomic E-state index is 0.732. The Morgan fingerprint density at radius 2 is 1.26 bits per heavy atom. The smallest absolute Gasteiger partial charge is 0.0589 e. The van der Waals surface area contributed by atoms with E-state index in [0.29, 0.717) is 0 Å². The monoisotopic (exact) mass is 307 g/mol. The molecule has 0 spiro atoms. The number of hydrogen-bond acceptors (Lipinski definition) is 2. The second kappa shape index (κ2) is 9.09. The van der Waals surface area contributed by atoms with E-state index >= 15 is 0 Å². The lowest BCUT2D eigenvalue weighted by molar-refractivity contribution is 0.140. The van der Waals surface area contributed by atoms with Crippen molar-refractivity contribution in [2.75, 3.05) is 20.3 Å². The van der Waals surface area contributed by atoms with Crippen molar-refractivity contribution in [3.63, 3.8) is 0 Å². The lowest BCUT2D eigenvalue weighted by Gasteiger charge is -2.22. The molecular weight excluding hydrogens is 282 g/mol. The highest BCUT2D eigenvalue weighted by molar-refractivity contribution is 5.47. The highest BCUT2D eigenvalue weighted by Gasteiger charge is 2.07. The van der Waals surface area contributed by atoms with Gasteiger partial charge >= 0.3 is 0 Å². The Balaban J connectivity index is 2.04. The summed E-state index contributed by atoms with van der Waals surface area (Å²) in [5.41, 5.74) is 4.90. The van der Waals surface area contributed by atoms with E-state index in [2.05, 4.69) is 66.6 Å². The highest BCUT2D eigenvalue weighted by atomic mass is 16.5. The maximum absolute atomic E-state index is 5.25. The van der Waals surface area contributed by atoms with Crippen LogP contribution in [0.5, 0.6) is 0 Å². The summed E-state index contributed by atoms with van der Waals surface area (Å²) in [5.74, 6) is 0. The van der Waals surface area contributed by atoms with Crippen molar-refractivity contribution >= 4 is 12.2 Å². The molecule has 2 aromatic rings. The summed E-state index contributed by atoms with van der Waals surface area (Å²) in [6, 6.07) is 17.1. The first-order valence-corrected chi connectivity index (χ1v) is 7.89. The summed E-state index contributed by atoms with van der Waals surface area (Å²) in [7, 11) is 1.75. The van der Waals surface area contributed by atoms with E-state index in [1.54, 1.807) is 7.11 Å². The summed E-state index contributed by atoms with van der Waals surface area (Å²) in [5, 5.41) is 0. The zero-order valence-electron chi connectivity index (χ0n) is 13.9. The second-order valence-electron chi connectivity index (χ2n) is 5.59. The highest BCUT2D eigenvalue weighted by Crippen LogP contribution is 2.13. The van der Waals surface area contributed by atoms with Crippen molar-refractivity contribution in [3.05, 3.63) is 83.9 Å². The standard InChI is InChI=1S/C21H25NO/c1-4-18-6-10-20(11-7-18)16-22(14-15-23-3)17-21-12-8-19(5-2)9-13-21/h4-13H,1-2,14-17H2,3H3. The van der Waals surface area contributed by atoms with Gasteiger partial charge in [0.05, 0.1) is 6.61 Å². The van der Waals surface area contributed by atoms with E-state index in [1.165, 1.54) is 11.1 Å². The average Bonchev–Trinajstić information content (AvgIpc) is 2.61. The molecule has 0 unspecified atom stereocenters. The van der Waals surface area contributed by atoms with Gasteiger partial charge in [-0.25, -0.2) is 0 Å². The molecule has 0 radical (unpaired) electrons. The molecule has 0 atom stereocenters. The second-order valence-corrected chi connectivity index (χ2v) is 5.59. The minimum Gasteiger partial charge on any atom is -0.383 e. The number of rotatable bonds is 9. The molecule has 0 fully saturated rings. The Hall–Kier alpha value is -2.16. The Labute approximate surface area is 139 Å². The minimum absolute atomic E-state index is 0.732. The third-order valence-electron chi connectivity index (χ3n) is 3.85. The predicted octanol–water partition coefficient (Wildman–Crippen LogP) is 4.62. The third-order valence-corrected chi connectivity index (χ3v) is 3.85. The Morgan fingerprint density at radius 3 is 1.61 bits per heavy atom. The van der Waals surface area contributed by atoms with Gasteiger partial charge in [-0.2, -0.15) is 0 Å². The number of ether oxygens (including phenoxy) is 1. The number of benzene rings is 2. The molecule has 2 aromatic carbocycles. The van der Waals surface area contributed by atoms with Crippen molar-refractivity contribution in [1.82, 2.24) is 4.90 Å². The van der Waals surface area contributed by atoms with Gasteiger partial charge in [-0.05, 0) is 22.3 Å². The van der Waals surface area contributed by atoms with Crippen LogP contribution in [-0.4, -0.2) is 25.2 Å². The van der Waals surface area contributed by atoms with E-state index in [0.717, 1.165) is 37.4 Å². The topological polar surface area (TPSA) is 12.5 Å². The normalized spacial score (nSPS) is 10.7. The Kier molecular flexibility index (Phi) is 6.79. The van der Waals surface area contributed by atoms with Crippen LogP contribution >= 0.6 is 0 Å². The van der Waals surface area contributed by atoms with Crippen LogP contribution in [-0.2, 0) is 17.8 Å². The van der Waals surface area contributed by atoms with E-state index in [9.17, 15) is 0 Å². The lowest BCUT2D eigenvalue weighted by atomic mass is 10.1. The molecule has 0 aliphatic carbocycles. The zero-order valence-corrected chi connectivity index (χ0v) is 13.9. The molecule has 2 nitrogen and oxygen atoms in total. The first-order chi connectivity index (χ1) is 11.2. The quantitative estimate of drug-likeness (QED) is 0.670. The SMILES string of the molecule is C=Cc1ccc(CN(CCOC)Cc2ccc(C=C)cc2)cc1. The molecule has 0 aliphatic heterocycles. The van der Waals surface area contributed by atoms with Gasteiger partial charge < -0.3 is 4.74 Å². The summed E-state index contributed by atoms with van der Waals surface area (Å²) in [4.78, 5) is 2.40. The van der Waals surface area contributed by atoms with Gasteiger partial charge in [-0.1, -0.05) is 73.8 Å². The molecule has 2 heteroatoms. The number of methoxy groups -OCH3 is 1. The largest absolute Gasteiger partial charge is 0.383 e. The Bertz CT molecular complexity index is 560. The fourth-order valence-corrected chi connectivity index (χ4v) is 2.47. The van der Waals surface area contributed by atoms with Gasteiger partial charge in [0.2, 0.25) is 0 Å². The summed E-state index contributed by atoms with van der Waals surface area (Å²) in [6.07, 6.45) is 3.74. The van der Waals surface area contributed by atoms with Gasteiger partial charge in [0.1, 0.15) is 0 Å². The van der Waals surface area contributed by atoms with E-state index in [4.69, 9.17) is 4.74 Å². The van der Waals surface area contributed by atoms with Crippen LogP contribution in [0.4, 0.5) is 0 Å². The fraction of sp³-hybridized carbons (Fsp3) is 0.238. The van der Waals surface area contributed by atoms with E-state index < -0.39 is 0 Å². The molecule has 0 aromatic heterocycles. The van der Waals surface area contributed by atoms with Crippen molar-refractivity contribution in [1.29, 1.82) is 0 Å². The predicted molar refractivity (Wildman–Crippen MR) is 99.1 cm³/mol. The van der Waals surface area contributed by atoms with Crippen LogP contribution in [0.15, 0.2) is 61.7 Å². The van der Waals surface area contributed by atoms with Gasteiger partial charge in [0, 0.05) is 26.7 Å².